The van der Waals surface area contributed by atoms with E-state index in [4.69, 9.17) is 0 Å². The maximum absolute atomic E-state index is 12.9. The van der Waals surface area contributed by atoms with Gasteiger partial charge in [-0.3, -0.25) is 0 Å². The van der Waals surface area contributed by atoms with Crippen molar-refractivity contribution in [2.24, 2.45) is 0 Å². The Kier molecular flexibility index (Phi) is 2.34. The average Bonchev–Trinajstić information content (AvgIpc) is 2.43. The topological polar surface area (TPSA) is 12.0 Å². The van der Waals surface area contributed by atoms with Crippen molar-refractivity contribution in [3.63, 3.8) is 0 Å². The van der Waals surface area contributed by atoms with Crippen LogP contribution in [0.3, 0.4) is 0 Å². The van der Waals surface area contributed by atoms with E-state index in [0.717, 1.165) is 13.0 Å². The van der Waals surface area contributed by atoms with Gasteiger partial charge in [0.15, 0.2) is 0 Å². The van der Waals surface area contributed by atoms with Crippen molar-refractivity contribution in [1.29, 1.82) is 0 Å². The van der Waals surface area contributed by atoms with Gasteiger partial charge in [-0.05, 0) is 44.5 Å². The van der Waals surface area contributed by atoms with Crippen LogP contribution in [0.2, 0.25) is 0 Å². The molecule has 0 radical (unpaired) electrons. The number of rotatable bonds is 1. The van der Waals surface area contributed by atoms with Gasteiger partial charge in [-0.2, -0.15) is 0 Å². The molecule has 1 atom stereocenters. The molecule has 0 spiro atoms. The fourth-order valence-corrected chi connectivity index (χ4v) is 2.46. The second kappa shape index (κ2) is 3.31. The Morgan fingerprint density at radius 2 is 1.73 bits per heavy atom. The maximum atomic E-state index is 12.9. The van der Waals surface area contributed by atoms with Gasteiger partial charge in [0.05, 0.1) is 0 Å². The zero-order valence-corrected chi connectivity index (χ0v) is 9.60. The van der Waals surface area contributed by atoms with Crippen LogP contribution in [0.15, 0.2) is 24.3 Å². The largest absolute Gasteiger partial charge is 0.311 e. The van der Waals surface area contributed by atoms with Gasteiger partial charge >= 0.3 is 0 Å². The third-order valence-corrected chi connectivity index (χ3v) is 4.05. The molecule has 1 aromatic rings. The zero-order chi connectivity index (χ0) is 11.1. The Bertz CT molecular complexity index is 355. The zero-order valence-electron chi connectivity index (χ0n) is 9.60. The van der Waals surface area contributed by atoms with E-state index in [1.807, 2.05) is 12.1 Å². The molecular weight excluding hydrogens is 189 g/mol. The molecule has 1 saturated heterocycles. The van der Waals surface area contributed by atoms with Gasteiger partial charge < -0.3 is 5.32 Å². The summed E-state index contributed by atoms with van der Waals surface area (Å²) >= 11 is 0. The molecule has 0 saturated carbocycles. The van der Waals surface area contributed by atoms with E-state index in [-0.39, 0.29) is 16.8 Å². The van der Waals surface area contributed by atoms with E-state index in [0.29, 0.717) is 0 Å². The summed E-state index contributed by atoms with van der Waals surface area (Å²) in [5.41, 5.74) is 1.39. The number of benzene rings is 1. The van der Waals surface area contributed by atoms with Gasteiger partial charge in [0.25, 0.3) is 0 Å². The lowest BCUT2D eigenvalue weighted by atomic mass is 9.69. The summed E-state index contributed by atoms with van der Waals surface area (Å²) < 4.78 is 12.9. The van der Waals surface area contributed by atoms with Crippen molar-refractivity contribution < 1.29 is 4.39 Å². The van der Waals surface area contributed by atoms with Gasteiger partial charge in [-0.1, -0.05) is 19.1 Å². The van der Waals surface area contributed by atoms with E-state index in [1.54, 1.807) is 12.1 Å². The van der Waals surface area contributed by atoms with Crippen LogP contribution >= 0.6 is 0 Å². The second-order valence-electron chi connectivity index (χ2n) is 5.14. The van der Waals surface area contributed by atoms with Gasteiger partial charge in [0.2, 0.25) is 0 Å². The predicted molar refractivity (Wildman–Crippen MR) is 60.5 cm³/mol. The number of halogens is 1. The van der Waals surface area contributed by atoms with E-state index < -0.39 is 0 Å². The van der Waals surface area contributed by atoms with E-state index >= 15 is 0 Å². The van der Waals surface area contributed by atoms with Crippen molar-refractivity contribution in [1.82, 2.24) is 5.32 Å². The number of hydrogen-bond acceptors (Lipinski definition) is 1. The summed E-state index contributed by atoms with van der Waals surface area (Å²) in [7, 11) is 0. The second-order valence-corrected chi connectivity index (χ2v) is 5.14. The molecule has 82 valence electrons. The van der Waals surface area contributed by atoms with Crippen molar-refractivity contribution in [2.45, 2.75) is 38.1 Å². The average molecular weight is 207 g/mol. The lowest BCUT2D eigenvalue weighted by Gasteiger charge is -2.38. The fourth-order valence-electron chi connectivity index (χ4n) is 2.46. The van der Waals surface area contributed by atoms with E-state index in [2.05, 4.69) is 26.1 Å². The summed E-state index contributed by atoms with van der Waals surface area (Å²) in [5, 5.41) is 3.51. The molecule has 1 fully saturated rings. The molecule has 2 heteroatoms. The fraction of sp³-hybridized carbons (Fsp3) is 0.538. The summed E-state index contributed by atoms with van der Waals surface area (Å²) in [5.74, 6) is -0.161. The molecule has 0 amide bonds. The molecule has 1 aliphatic heterocycles. The van der Waals surface area contributed by atoms with Gasteiger partial charge in [-0.25, -0.2) is 4.39 Å². The quantitative estimate of drug-likeness (QED) is 0.746. The molecule has 1 aromatic carbocycles. The molecule has 1 nitrogen and oxygen atoms in total. The predicted octanol–water partition coefficient (Wildman–Crippen LogP) is 2.86. The first kappa shape index (κ1) is 10.6. The third kappa shape index (κ3) is 1.57. The van der Waals surface area contributed by atoms with Crippen LogP contribution in [-0.4, -0.2) is 12.1 Å². The van der Waals surface area contributed by atoms with Crippen LogP contribution in [0.4, 0.5) is 4.39 Å². The number of hydrogen-bond donors (Lipinski definition) is 1. The van der Waals surface area contributed by atoms with Crippen LogP contribution in [0, 0.1) is 5.82 Å². The number of nitrogens with one attached hydrogen (secondary N) is 1. The lowest BCUT2D eigenvalue weighted by molar-refractivity contribution is 0.297. The molecule has 15 heavy (non-hydrogen) atoms. The van der Waals surface area contributed by atoms with Gasteiger partial charge in [0.1, 0.15) is 5.82 Å². The van der Waals surface area contributed by atoms with Crippen molar-refractivity contribution in [2.75, 3.05) is 6.54 Å². The van der Waals surface area contributed by atoms with Gasteiger partial charge in [0, 0.05) is 11.0 Å². The summed E-state index contributed by atoms with van der Waals surface area (Å²) in [6.45, 7) is 7.70. The van der Waals surface area contributed by atoms with Crippen LogP contribution < -0.4 is 5.32 Å². The van der Waals surface area contributed by atoms with Crippen LogP contribution in [0.25, 0.3) is 0 Å². The minimum absolute atomic E-state index is 0.0742. The van der Waals surface area contributed by atoms with Crippen molar-refractivity contribution in [3.8, 4) is 0 Å². The third-order valence-electron chi connectivity index (χ3n) is 4.05. The van der Waals surface area contributed by atoms with Gasteiger partial charge in [-0.15, -0.1) is 0 Å². The van der Waals surface area contributed by atoms with Crippen LogP contribution in [0.5, 0.6) is 0 Å². The Balaban J connectivity index is 2.41. The van der Waals surface area contributed by atoms with Crippen molar-refractivity contribution in [3.05, 3.63) is 35.6 Å². The first-order valence-corrected chi connectivity index (χ1v) is 5.47. The van der Waals surface area contributed by atoms with Crippen LogP contribution in [0.1, 0.15) is 32.8 Å². The molecule has 1 N–H and O–H groups in total. The van der Waals surface area contributed by atoms with Crippen molar-refractivity contribution >= 4 is 0 Å². The first-order chi connectivity index (χ1) is 6.96. The Labute approximate surface area is 90.7 Å². The molecule has 1 unspecified atom stereocenters. The van der Waals surface area contributed by atoms with E-state index in [9.17, 15) is 4.39 Å². The minimum Gasteiger partial charge on any atom is -0.311 e. The first-order valence-electron chi connectivity index (χ1n) is 5.47. The molecular formula is C13H18FN. The Hall–Kier alpha value is -0.890. The molecule has 0 aliphatic carbocycles. The normalized spacial score (nSPS) is 29.3. The molecule has 2 rings (SSSR count). The lowest BCUT2D eigenvalue weighted by Crippen LogP contribution is -2.47. The monoisotopic (exact) mass is 207 g/mol. The van der Waals surface area contributed by atoms with E-state index in [1.165, 1.54) is 5.56 Å². The summed E-state index contributed by atoms with van der Waals surface area (Å²) in [6, 6.07) is 6.91. The van der Waals surface area contributed by atoms with Crippen LogP contribution in [-0.2, 0) is 5.41 Å². The Morgan fingerprint density at radius 1 is 1.13 bits per heavy atom. The highest BCUT2D eigenvalue weighted by atomic mass is 19.1. The molecule has 1 heterocycles. The minimum atomic E-state index is -0.161. The summed E-state index contributed by atoms with van der Waals surface area (Å²) in [6.07, 6.45) is 1.10. The highest BCUT2D eigenvalue weighted by molar-refractivity contribution is 5.31. The molecule has 0 bridgehead atoms. The molecule has 0 aromatic heterocycles. The Morgan fingerprint density at radius 3 is 2.20 bits per heavy atom. The highest BCUT2D eigenvalue weighted by Crippen LogP contribution is 2.41. The standard InChI is InChI=1S/C13H18FN/c1-12(2)13(3,8-9-15-12)10-4-6-11(14)7-5-10/h4-7,15H,8-9H2,1-3H3. The highest BCUT2D eigenvalue weighted by Gasteiger charge is 2.45. The summed E-state index contributed by atoms with van der Waals surface area (Å²) in [4.78, 5) is 0. The maximum Gasteiger partial charge on any atom is 0.123 e. The molecule has 1 aliphatic rings. The SMILES string of the molecule is CC1(C)NCCC1(C)c1ccc(F)cc1. The smallest absolute Gasteiger partial charge is 0.123 e.